The van der Waals surface area contributed by atoms with Crippen molar-refractivity contribution in [1.29, 1.82) is 0 Å². The number of ether oxygens (including phenoxy) is 1. The minimum Gasteiger partial charge on any atom is -0.462 e. The van der Waals surface area contributed by atoms with E-state index >= 15 is 0 Å². The van der Waals surface area contributed by atoms with E-state index in [1.165, 1.54) is 6.92 Å². The zero-order valence-electron chi connectivity index (χ0n) is 10.7. The SMILES string of the molecule is CC(=O)C[C@]1(C)C[C@H](OC(C)=O)[C@@H]2C[C@@]21CO. The summed E-state index contributed by atoms with van der Waals surface area (Å²) in [5.41, 5.74) is -0.419. The van der Waals surface area contributed by atoms with Gasteiger partial charge in [-0.25, -0.2) is 0 Å². The number of carbonyl (C=O) groups excluding carboxylic acids is 2. The molecule has 0 amide bonds. The number of hydrogen-bond donors (Lipinski definition) is 1. The minimum absolute atomic E-state index is 0.0826. The molecule has 4 heteroatoms. The van der Waals surface area contributed by atoms with Gasteiger partial charge < -0.3 is 14.6 Å². The van der Waals surface area contributed by atoms with E-state index in [2.05, 4.69) is 0 Å². The zero-order valence-corrected chi connectivity index (χ0v) is 10.7. The van der Waals surface area contributed by atoms with Crippen LogP contribution in [0.5, 0.6) is 0 Å². The molecule has 0 aromatic rings. The Hall–Kier alpha value is -0.900. The highest BCUT2D eigenvalue weighted by Crippen LogP contribution is 2.73. The van der Waals surface area contributed by atoms with E-state index in [0.717, 1.165) is 6.42 Å². The third kappa shape index (κ3) is 1.79. The van der Waals surface area contributed by atoms with Crippen LogP contribution in [0.25, 0.3) is 0 Å². The van der Waals surface area contributed by atoms with Crippen molar-refractivity contribution in [2.75, 3.05) is 6.61 Å². The van der Waals surface area contributed by atoms with Crippen molar-refractivity contribution < 1.29 is 19.4 Å². The van der Waals surface area contributed by atoms with Crippen molar-refractivity contribution in [2.45, 2.75) is 46.1 Å². The van der Waals surface area contributed by atoms with Crippen molar-refractivity contribution in [3.05, 3.63) is 0 Å². The van der Waals surface area contributed by atoms with Crippen molar-refractivity contribution >= 4 is 11.8 Å². The average Bonchev–Trinajstić information content (AvgIpc) is 2.85. The van der Waals surface area contributed by atoms with Gasteiger partial charge in [0.05, 0.1) is 0 Å². The van der Waals surface area contributed by atoms with Gasteiger partial charge in [0, 0.05) is 31.3 Å². The van der Waals surface area contributed by atoms with E-state index in [9.17, 15) is 14.7 Å². The van der Waals surface area contributed by atoms with Crippen LogP contribution in [-0.2, 0) is 14.3 Å². The van der Waals surface area contributed by atoms with Crippen LogP contribution in [0.3, 0.4) is 0 Å². The first-order chi connectivity index (χ1) is 7.84. The van der Waals surface area contributed by atoms with E-state index < -0.39 is 0 Å². The van der Waals surface area contributed by atoms with Crippen molar-refractivity contribution in [3.63, 3.8) is 0 Å². The fourth-order valence-corrected chi connectivity index (χ4v) is 3.81. The molecule has 0 aliphatic heterocycles. The van der Waals surface area contributed by atoms with Crippen LogP contribution in [0, 0.1) is 16.7 Å². The maximum atomic E-state index is 11.4. The second-order valence-corrected chi connectivity index (χ2v) is 5.92. The standard InChI is InChI=1S/C13H20O4/c1-8(15)4-12(3)6-11(17-9(2)16)10-5-13(10,12)7-14/h10-11,14H,4-7H2,1-3H3/t10-,11-,12+,13+/m0/s1. The Balaban J connectivity index is 2.18. The summed E-state index contributed by atoms with van der Waals surface area (Å²) in [6.45, 7) is 5.10. The summed E-state index contributed by atoms with van der Waals surface area (Å²) in [4.78, 5) is 22.4. The third-order valence-corrected chi connectivity index (χ3v) is 4.67. The highest BCUT2D eigenvalue weighted by atomic mass is 16.5. The van der Waals surface area contributed by atoms with Crippen LogP contribution in [0.1, 0.15) is 40.0 Å². The highest BCUT2D eigenvalue weighted by molar-refractivity contribution is 5.76. The van der Waals surface area contributed by atoms with Gasteiger partial charge in [0.1, 0.15) is 11.9 Å². The lowest BCUT2D eigenvalue weighted by molar-refractivity contribution is -0.147. The minimum atomic E-state index is -0.277. The first-order valence-electron chi connectivity index (χ1n) is 6.12. The maximum Gasteiger partial charge on any atom is 0.302 e. The summed E-state index contributed by atoms with van der Waals surface area (Å²) in [7, 11) is 0. The fourth-order valence-electron chi connectivity index (χ4n) is 3.81. The molecule has 1 N–H and O–H groups in total. The van der Waals surface area contributed by atoms with Gasteiger partial charge in [-0.15, -0.1) is 0 Å². The molecule has 0 radical (unpaired) electrons. The van der Waals surface area contributed by atoms with E-state index in [1.807, 2.05) is 6.92 Å². The molecular weight excluding hydrogens is 220 g/mol. The maximum absolute atomic E-state index is 11.4. The Kier molecular flexibility index (Phi) is 2.81. The van der Waals surface area contributed by atoms with Gasteiger partial charge in [-0.05, 0) is 25.2 Å². The van der Waals surface area contributed by atoms with Crippen LogP contribution >= 0.6 is 0 Å². The molecule has 0 bridgehead atoms. The smallest absolute Gasteiger partial charge is 0.302 e. The number of rotatable bonds is 4. The van der Waals surface area contributed by atoms with Gasteiger partial charge in [-0.1, -0.05) is 6.92 Å². The van der Waals surface area contributed by atoms with Gasteiger partial charge >= 0.3 is 5.97 Å². The van der Waals surface area contributed by atoms with Crippen LogP contribution in [-0.4, -0.2) is 29.6 Å². The lowest BCUT2D eigenvalue weighted by atomic mass is 9.72. The number of hydrogen-bond acceptors (Lipinski definition) is 4. The fraction of sp³-hybridized carbons (Fsp3) is 0.846. The second-order valence-electron chi connectivity index (χ2n) is 5.92. The molecule has 2 saturated carbocycles. The second kappa shape index (κ2) is 3.80. The molecule has 2 rings (SSSR count). The van der Waals surface area contributed by atoms with Crippen molar-refractivity contribution in [3.8, 4) is 0 Å². The number of ketones is 1. The van der Waals surface area contributed by atoms with E-state index in [0.29, 0.717) is 12.8 Å². The molecule has 0 unspecified atom stereocenters. The Morgan fingerprint density at radius 2 is 2.00 bits per heavy atom. The number of carbonyl (C=O) groups is 2. The third-order valence-electron chi connectivity index (χ3n) is 4.67. The van der Waals surface area contributed by atoms with E-state index in [-0.39, 0.29) is 41.2 Å². The summed E-state index contributed by atoms with van der Waals surface area (Å²) in [6, 6.07) is 0. The number of aliphatic hydroxyl groups excluding tert-OH is 1. The lowest BCUT2D eigenvalue weighted by Gasteiger charge is -2.33. The Bertz CT molecular complexity index is 364. The molecule has 2 aliphatic carbocycles. The predicted octanol–water partition coefficient (Wildman–Crippen LogP) is 1.31. The topological polar surface area (TPSA) is 63.6 Å². The normalized spacial score (nSPS) is 43.1. The van der Waals surface area contributed by atoms with E-state index in [4.69, 9.17) is 4.74 Å². The summed E-state index contributed by atoms with van der Waals surface area (Å²) in [6.07, 6.45) is 1.90. The van der Waals surface area contributed by atoms with Gasteiger partial charge in [0.15, 0.2) is 0 Å². The van der Waals surface area contributed by atoms with Crippen molar-refractivity contribution in [1.82, 2.24) is 0 Å². The van der Waals surface area contributed by atoms with Crippen LogP contribution in [0.2, 0.25) is 0 Å². The number of aliphatic hydroxyl groups is 1. The number of Topliss-reactive ketones (excluding diaryl/α,β-unsaturated/α-hetero) is 1. The van der Waals surface area contributed by atoms with E-state index in [1.54, 1.807) is 6.92 Å². The number of esters is 1. The first kappa shape index (κ1) is 12.6. The quantitative estimate of drug-likeness (QED) is 0.752. The number of fused-ring (bicyclic) bond motifs is 1. The molecule has 0 saturated heterocycles. The highest BCUT2D eigenvalue weighted by Gasteiger charge is 2.72. The molecule has 2 fully saturated rings. The molecule has 0 aromatic carbocycles. The van der Waals surface area contributed by atoms with Crippen LogP contribution in [0.15, 0.2) is 0 Å². The Morgan fingerprint density at radius 1 is 1.35 bits per heavy atom. The summed E-state index contributed by atoms with van der Waals surface area (Å²) >= 11 is 0. The molecule has 0 aromatic heterocycles. The Labute approximate surface area is 101 Å². The molecule has 17 heavy (non-hydrogen) atoms. The van der Waals surface area contributed by atoms with Crippen molar-refractivity contribution in [2.24, 2.45) is 16.7 Å². The lowest BCUT2D eigenvalue weighted by Crippen LogP contribution is -2.32. The summed E-state index contributed by atoms with van der Waals surface area (Å²) < 4.78 is 5.31. The molecule has 0 spiro atoms. The molecular formula is C13H20O4. The molecule has 2 aliphatic rings. The molecule has 0 heterocycles. The predicted molar refractivity (Wildman–Crippen MR) is 61.2 cm³/mol. The van der Waals surface area contributed by atoms with Crippen LogP contribution < -0.4 is 0 Å². The first-order valence-corrected chi connectivity index (χ1v) is 6.12. The van der Waals surface area contributed by atoms with Gasteiger partial charge in [0.2, 0.25) is 0 Å². The van der Waals surface area contributed by atoms with Gasteiger partial charge in [-0.3, -0.25) is 4.79 Å². The summed E-state index contributed by atoms with van der Waals surface area (Å²) in [5, 5.41) is 9.62. The largest absolute Gasteiger partial charge is 0.462 e. The zero-order chi connectivity index (χ0) is 12.8. The Morgan fingerprint density at radius 3 is 2.47 bits per heavy atom. The van der Waals surface area contributed by atoms with Gasteiger partial charge in [-0.2, -0.15) is 0 Å². The monoisotopic (exact) mass is 240 g/mol. The molecule has 4 nitrogen and oxygen atoms in total. The average molecular weight is 240 g/mol. The van der Waals surface area contributed by atoms with Gasteiger partial charge in [0.25, 0.3) is 0 Å². The molecule has 96 valence electrons. The van der Waals surface area contributed by atoms with Crippen LogP contribution in [0.4, 0.5) is 0 Å². The molecule has 4 atom stereocenters. The summed E-state index contributed by atoms with van der Waals surface area (Å²) in [5.74, 6) is 0.0935.